The van der Waals surface area contributed by atoms with E-state index in [1.54, 1.807) is 52.0 Å². The molecule has 0 heterocycles. The van der Waals surface area contributed by atoms with Crippen LogP contribution in [0.15, 0.2) is 24.3 Å². The van der Waals surface area contributed by atoms with E-state index in [0.717, 1.165) is 0 Å². The molecule has 196 valence electrons. The number of hydrogen-bond donors (Lipinski definition) is 6. The van der Waals surface area contributed by atoms with Gasteiger partial charge in [-0.1, -0.05) is 26.0 Å². The van der Waals surface area contributed by atoms with E-state index in [0.29, 0.717) is 17.7 Å². The van der Waals surface area contributed by atoms with E-state index in [2.05, 4.69) is 21.3 Å². The van der Waals surface area contributed by atoms with Gasteiger partial charge in [0.15, 0.2) is 0 Å². The summed E-state index contributed by atoms with van der Waals surface area (Å²) in [5.41, 5.74) is 5.58. The molecular formula is C24H39N5O6. The summed E-state index contributed by atoms with van der Waals surface area (Å²) < 4.78 is 5.28. The molecule has 0 aliphatic carbocycles. The van der Waals surface area contributed by atoms with Crippen molar-refractivity contribution in [1.82, 2.24) is 16.0 Å². The number of nitrogens with two attached hydrogens (primary N) is 1. The average molecular weight is 494 g/mol. The molecule has 0 fully saturated rings. The first-order chi connectivity index (χ1) is 16.4. The van der Waals surface area contributed by atoms with Gasteiger partial charge in [-0.15, -0.1) is 0 Å². The molecule has 0 bridgehead atoms. The Balaban J connectivity index is 2.93. The molecule has 0 spiro atoms. The highest BCUT2D eigenvalue weighted by Gasteiger charge is 2.30. The Morgan fingerprint density at radius 2 is 1.69 bits per heavy atom. The number of hydrogen-bond acceptors (Lipinski definition) is 6. The van der Waals surface area contributed by atoms with Crippen LogP contribution in [0.1, 0.15) is 52.5 Å². The molecule has 1 aromatic rings. The van der Waals surface area contributed by atoms with Gasteiger partial charge in [-0.25, -0.2) is 4.79 Å². The number of carbonyl (C=O) groups excluding carboxylic acids is 4. The van der Waals surface area contributed by atoms with Gasteiger partial charge >= 0.3 is 6.03 Å². The number of nitrogens with one attached hydrogen (secondary N) is 4. The Hall–Kier alpha value is -3.18. The molecule has 5 amide bonds. The number of amides is 5. The van der Waals surface area contributed by atoms with Gasteiger partial charge in [0.2, 0.25) is 17.7 Å². The molecule has 0 saturated heterocycles. The van der Waals surface area contributed by atoms with Crippen molar-refractivity contribution >= 4 is 29.4 Å². The van der Waals surface area contributed by atoms with E-state index in [-0.39, 0.29) is 37.8 Å². The number of urea groups is 1. The van der Waals surface area contributed by atoms with Crippen molar-refractivity contribution < 1.29 is 29.0 Å². The summed E-state index contributed by atoms with van der Waals surface area (Å²) in [7, 11) is 1.51. The minimum Gasteiger partial charge on any atom is -0.392 e. The number of aliphatic hydroxyl groups is 1. The summed E-state index contributed by atoms with van der Waals surface area (Å²) in [5, 5.41) is 19.8. The van der Waals surface area contributed by atoms with Gasteiger partial charge in [-0.3, -0.25) is 14.4 Å². The van der Waals surface area contributed by atoms with Gasteiger partial charge in [0.1, 0.15) is 12.1 Å². The maximum Gasteiger partial charge on any atom is 0.312 e. The first kappa shape index (κ1) is 29.9. The molecule has 0 saturated carbocycles. The van der Waals surface area contributed by atoms with Crippen LogP contribution in [-0.2, 0) is 25.7 Å². The highest BCUT2D eigenvalue weighted by Crippen LogP contribution is 2.14. The molecule has 0 aromatic heterocycles. The second kappa shape index (κ2) is 14.3. The Kier molecular flexibility index (Phi) is 12.2. The van der Waals surface area contributed by atoms with E-state index in [4.69, 9.17) is 10.5 Å². The molecular weight excluding hydrogens is 454 g/mol. The van der Waals surface area contributed by atoms with Crippen LogP contribution in [0, 0.1) is 5.92 Å². The van der Waals surface area contributed by atoms with Gasteiger partial charge in [-0.2, -0.15) is 0 Å². The smallest absolute Gasteiger partial charge is 0.312 e. The summed E-state index contributed by atoms with van der Waals surface area (Å²) in [6.07, 6.45) is 0.667. The van der Waals surface area contributed by atoms with Crippen LogP contribution >= 0.6 is 0 Å². The fourth-order valence-corrected chi connectivity index (χ4v) is 3.19. The molecule has 1 aromatic carbocycles. The lowest BCUT2D eigenvalue weighted by molar-refractivity contribution is -0.134. The molecule has 11 heteroatoms. The van der Waals surface area contributed by atoms with Crippen molar-refractivity contribution in [2.24, 2.45) is 11.7 Å². The van der Waals surface area contributed by atoms with Crippen molar-refractivity contribution in [3.8, 4) is 0 Å². The number of ether oxygens (including phenoxy) is 1. The molecule has 1 rings (SSSR count). The number of benzene rings is 1. The third-order valence-electron chi connectivity index (χ3n) is 5.41. The van der Waals surface area contributed by atoms with Gasteiger partial charge in [-0.05, 0) is 50.3 Å². The van der Waals surface area contributed by atoms with Crippen LogP contribution in [0.2, 0.25) is 0 Å². The van der Waals surface area contributed by atoms with E-state index >= 15 is 0 Å². The van der Waals surface area contributed by atoms with E-state index < -0.39 is 35.5 Å². The summed E-state index contributed by atoms with van der Waals surface area (Å²) in [6.45, 7) is 7.23. The Labute approximate surface area is 206 Å². The predicted octanol–water partition coefficient (Wildman–Crippen LogP) is 1.01. The molecule has 35 heavy (non-hydrogen) atoms. The van der Waals surface area contributed by atoms with E-state index in [1.807, 2.05) is 0 Å². The summed E-state index contributed by atoms with van der Waals surface area (Å²) in [5.74, 6) is -1.54. The van der Waals surface area contributed by atoms with Gasteiger partial charge < -0.3 is 36.8 Å². The minimum atomic E-state index is -0.928. The Bertz CT molecular complexity index is 856. The number of aliphatic hydroxyl groups excluding tert-OH is 1. The zero-order valence-corrected chi connectivity index (χ0v) is 21.1. The van der Waals surface area contributed by atoms with Crippen molar-refractivity contribution in [3.05, 3.63) is 29.8 Å². The Morgan fingerprint density at radius 1 is 1.06 bits per heavy atom. The summed E-state index contributed by atoms with van der Waals surface area (Å²) in [6, 6.07) is 4.16. The van der Waals surface area contributed by atoms with Crippen molar-refractivity contribution in [2.75, 3.05) is 19.0 Å². The van der Waals surface area contributed by atoms with Crippen molar-refractivity contribution in [1.29, 1.82) is 0 Å². The number of carbonyl (C=O) groups is 4. The SMILES string of the molecule is COC(C)(C)CC(=O)N[C@H](C(=O)N[C@@H](CCCNC(N)=O)C(=O)Nc1ccc(CO)cc1)C(C)C. The minimum absolute atomic E-state index is 0.0620. The van der Waals surface area contributed by atoms with Crippen molar-refractivity contribution in [3.63, 3.8) is 0 Å². The molecule has 0 radical (unpaired) electrons. The third-order valence-corrected chi connectivity index (χ3v) is 5.41. The number of rotatable bonds is 14. The zero-order valence-electron chi connectivity index (χ0n) is 21.1. The van der Waals surface area contributed by atoms with E-state index in [1.165, 1.54) is 7.11 Å². The summed E-state index contributed by atoms with van der Waals surface area (Å²) >= 11 is 0. The number of anilines is 1. The monoisotopic (exact) mass is 493 g/mol. The zero-order chi connectivity index (χ0) is 26.6. The molecule has 0 aliphatic rings. The molecule has 0 unspecified atom stereocenters. The molecule has 0 aliphatic heterocycles. The lowest BCUT2D eigenvalue weighted by Gasteiger charge is -2.27. The predicted molar refractivity (Wildman–Crippen MR) is 132 cm³/mol. The topological polar surface area (TPSA) is 172 Å². The fourth-order valence-electron chi connectivity index (χ4n) is 3.19. The highest BCUT2D eigenvalue weighted by atomic mass is 16.5. The average Bonchev–Trinajstić information content (AvgIpc) is 2.79. The van der Waals surface area contributed by atoms with Gasteiger partial charge in [0.25, 0.3) is 0 Å². The van der Waals surface area contributed by atoms with Gasteiger partial charge in [0.05, 0.1) is 18.6 Å². The lowest BCUT2D eigenvalue weighted by atomic mass is 10.00. The number of methoxy groups -OCH3 is 1. The van der Waals surface area contributed by atoms with Gasteiger partial charge in [0, 0.05) is 19.3 Å². The van der Waals surface area contributed by atoms with Crippen LogP contribution in [0.3, 0.4) is 0 Å². The quantitative estimate of drug-likeness (QED) is 0.211. The van der Waals surface area contributed by atoms with Crippen LogP contribution in [0.25, 0.3) is 0 Å². The second-order valence-electron chi connectivity index (χ2n) is 9.27. The molecule has 11 nitrogen and oxygen atoms in total. The highest BCUT2D eigenvalue weighted by molar-refractivity contribution is 5.98. The largest absolute Gasteiger partial charge is 0.392 e. The maximum absolute atomic E-state index is 13.1. The van der Waals surface area contributed by atoms with Crippen LogP contribution in [-0.4, -0.2) is 60.2 Å². The van der Waals surface area contributed by atoms with Crippen LogP contribution < -0.4 is 27.0 Å². The third kappa shape index (κ3) is 11.2. The molecule has 2 atom stereocenters. The second-order valence-corrected chi connectivity index (χ2v) is 9.27. The lowest BCUT2D eigenvalue weighted by Crippen LogP contribution is -2.55. The van der Waals surface area contributed by atoms with Crippen LogP contribution in [0.5, 0.6) is 0 Å². The summed E-state index contributed by atoms with van der Waals surface area (Å²) in [4.78, 5) is 49.5. The first-order valence-corrected chi connectivity index (χ1v) is 11.6. The standard InChI is InChI=1S/C24H39N5O6/c1-15(2)20(29-19(31)13-24(3,4)35-5)22(33)28-18(7-6-12-26-23(25)34)21(32)27-17-10-8-16(14-30)9-11-17/h8-11,15,18,20,30H,6-7,12-14H2,1-5H3,(H,27,32)(H,28,33)(H,29,31)(H3,25,26,34)/t18-,20-/m0/s1. The number of primary amides is 1. The van der Waals surface area contributed by atoms with Crippen LogP contribution in [0.4, 0.5) is 10.5 Å². The Morgan fingerprint density at radius 3 is 2.20 bits per heavy atom. The maximum atomic E-state index is 13.1. The normalized spacial score (nSPS) is 13.0. The van der Waals surface area contributed by atoms with Crippen molar-refractivity contribution in [2.45, 2.75) is 71.2 Å². The molecule has 7 N–H and O–H groups in total. The van der Waals surface area contributed by atoms with E-state index in [9.17, 15) is 24.3 Å². The fraction of sp³-hybridized carbons (Fsp3) is 0.583. The first-order valence-electron chi connectivity index (χ1n) is 11.6.